The summed E-state index contributed by atoms with van der Waals surface area (Å²) in [6, 6.07) is 9.42. The lowest BCUT2D eigenvalue weighted by Crippen LogP contribution is -2.14. The Morgan fingerprint density at radius 1 is 1.12 bits per heavy atom. The van der Waals surface area contributed by atoms with Crippen molar-refractivity contribution in [2.24, 2.45) is 0 Å². The van der Waals surface area contributed by atoms with Crippen molar-refractivity contribution in [2.75, 3.05) is 11.1 Å². The largest absolute Gasteiger partial charge is 0.416 e. The first kappa shape index (κ1) is 22.4. The number of Topliss-reactive ketones (excluding diaryl/α,β-unsaturated/α-hetero) is 1. The van der Waals surface area contributed by atoms with E-state index < -0.39 is 17.6 Å². The molecule has 0 unspecified atom stereocenters. The fraction of sp³-hybridized carbons (Fsp3) is 0.130. The number of ketones is 1. The topological polar surface area (TPSA) is 98.0 Å². The standard InChI is InChI=1S/C23H17F3N4O2S/c1-12-5-6-14(18(31)8-13-3-2-4-15(7-13)23(24,25)26)9-17(12)30-22(32)16-10-33-20-19(16)28-11-29-21(20)27/h2-7,9-11H,8H2,1H3,(H,30,32)(H2,27,28,29). The van der Waals surface area contributed by atoms with Gasteiger partial charge in [-0.2, -0.15) is 13.2 Å². The molecule has 0 bridgehead atoms. The maximum Gasteiger partial charge on any atom is 0.416 e. The smallest absolute Gasteiger partial charge is 0.382 e. The number of anilines is 2. The predicted octanol–water partition coefficient (Wildman–Crippen LogP) is 5.28. The van der Waals surface area contributed by atoms with Gasteiger partial charge in [0.1, 0.15) is 12.1 Å². The molecule has 0 saturated carbocycles. The Hall–Kier alpha value is -3.79. The first-order valence-corrected chi connectivity index (χ1v) is 10.6. The Bertz CT molecular complexity index is 1380. The summed E-state index contributed by atoms with van der Waals surface area (Å²) in [5, 5.41) is 4.41. The number of amides is 1. The molecule has 2 aromatic heterocycles. The predicted molar refractivity (Wildman–Crippen MR) is 120 cm³/mol. The number of alkyl halides is 3. The van der Waals surface area contributed by atoms with Gasteiger partial charge in [-0.05, 0) is 30.2 Å². The molecule has 2 aromatic carbocycles. The van der Waals surface area contributed by atoms with Crippen molar-refractivity contribution in [3.63, 3.8) is 0 Å². The van der Waals surface area contributed by atoms with Crippen LogP contribution < -0.4 is 11.1 Å². The van der Waals surface area contributed by atoms with Gasteiger partial charge in [-0.3, -0.25) is 9.59 Å². The number of aryl methyl sites for hydroxylation is 1. The SMILES string of the molecule is Cc1ccc(C(=O)Cc2cccc(C(F)(F)F)c2)cc1NC(=O)c1csc2c(N)ncnc12. The maximum atomic E-state index is 12.9. The number of rotatable bonds is 5. The lowest BCUT2D eigenvalue weighted by molar-refractivity contribution is -0.137. The number of benzene rings is 2. The number of thiophene rings is 1. The number of nitrogens with two attached hydrogens (primary N) is 1. The maximum absolute atomic E-state index is 12.9. The van der Waals surface area contributed by atoms with Crippen LogP contribution >= 0.6 is 11.3 Å². The highest BCUT2D eigenvalue weighted by atomic mass is 32.1. The molecular weight excluding hydrogens is 453 g/mol. The van der Waals surface area contributed by atoms with Crippen LogP contribution in [0.2, 0.25) is 0 Å². The zero-order valence-electron chi connectivity index (χ0n) is 17.2. The second-order valence-corrected chi connectivity index (χ2v) is 8.25. The van der Waals surface area contributed by atoms with Gasteiger partial charge in [0.05, 0.1) is 21.3 Å². The highest BCUT2D eigenvalue weighted by Gasteiger charge is 2.30. The first-order valence-electron chi connectivity index (χ1n) is 9.72. The number of hydrogen-bond acceptors (Lipinski definition) is 6. The molecule has 0 spiro atoms. The third-order valence-corrected chi connectivity index (χ3v) is 6.04. The molecule has 10 heteroatoms. The number of aromatic nitrogens is 2. The van der Waals surface area contributed by atoms with Crippen LogP contribution in [0, 0.1) is 6.92 Å². The molecule has 0 radical (unpaired) electrons. The summed E-state index contributed by atoms with van der Waals surface area (Å²) >= 11 is 1.25. The van der Waals surface area contributed by atoms with E-state index in [1.165, 1.54) is 35.9 Å². The van der Waals surface area contributed by atoms with Gasteiger partial charge >= 0.3 is 6.18 Å². The zero-order chi connectivity index (χ0) is 23.8. The first-order chi connectivity index (χ1) is 15.6. The summed E-state index contributed by atoms with van der Waals surface area (Å²) < 4.78 is 39.4. The third-order valence-electron chi connectivity index (χ3n) is 5.05. The molecule has 168 valence electrons. The van der Waals surface area contributed by atoms with E-state index in [1.807, 2.05) is 0 Å². The van der Waals surface area contributed by atoms with Crippen molar-refractivity contribution in [3.8, 4) is 0 Å². The van der Waals surface area contributed by atoms with E-state index in [4.69, 9.17) is 5.73 Å². The molecule has 0 atom stereocenters. The van der Waals surface area contributed by atoms with E-state index in [0.29, 0.717) is 27.0 Å². The van der Waals surface area contributed by atoms with Gasteiger partial charge in [0.15, 0.2) is 5.78 Å². The summed E-state index contributed by atoms with van der Waals surface area (Å²) in [6.45, 7) is 1.77. The van der Waals surface area contributed by atoms with Gasteiger partial charge in [-0.1, -0.05) is 30.3 Å². The quantitative estimate of drug-likeness (QED) is 0.387. The average Bonchev–Trinajstić information content (AvgIpc) is 3.20. The van der Waals surface area contributed by atoms with E-state index in [1.54, 1.807) is 24.4 Å². The minimum Gasteiger partial charge on any atom is -0.382 e. The van der Waals surface area contributed by atoms with E-state index in [9.17, 15) is 22.8 Å². The van der Waals surface area contributed by atoms with Gasteiger partial charge in [-0.25, -0.2) is 9.97 Å². The number of hydrogen-bond donors (Lipinski definition) is 2. The molecule has 6 nitrogen and oxygen atoms in total. The summed E-state index contributed by atoms with van der Waals surface area (Å²) in [5.41, 5.74) is 7.42. The molecule has 33 heavy (non-hydrogen) atoms. The van der Waals surface area contributed by atoms with E-state index in [2.05, 4.69) is 15.3 Å². The molecule has 0 aliphatic heterocycles. The number of nitrogens with zero attached hydrogens (tertiary/aromatic N) is 2. The molecule has 4 rings (SSSR count). The number of nitrogens with one attached hydrogen (secondary N) is 1. The van der Waals surface area contributed by atoms with Crippen molar-refractivity contribution in [3.05, 3.63) is 82.0 Å². The molecule has 4 aromatic rings. The molecule has 2 heterocycles. The van der Waals surface area contributed by atoms with E-state index >= 15 is 0 Å². The number of nitrogen functional groups attached to an aromatic ring is 1. The second kappa shape index (κ2) is 8.62. The molecule has 1 amide bonds. The van der Waals surface area contributed by atoms with Crippen LogP contribution in [0.1, 0.15) is 37.4 Å². The lowest BCUT2D eigenvalue weighted by atomic mass is 9.99. The van der Waals surface area contributed by atoms with Gasteiger partial charge in [-0.15, -0.1) is 11.3 Å². The van der Waals surface area contributed by atoms with Crippen molar-refractivity contribution in [1.29, 1.82) is 0 Å². The average molecular weight is 470 g/mol. The summed E-state index contributed by atoms with van der Waals surface area (Å²) in [4.78, 5) is 33.6. The van der Waals surface area contributed by atoms with Crippen LogP contribution in [0.5, 0.6) is 0 Å². The molecule has 0 aliphatic carbocycles. The van der Waals surface area contributed by atoms with Crippen molar-refractivity contribution in [1.82, 2.24) is 9.97 Å². The van der Waals surface area contributed by atoms with Gasteiger partial charge < -0.3 is 11.1 Å². The monoisotopic (exact) mass is 470 g/mol. The van der Waals surface area contributed by atoms with Gasteiger partial charge in [0, 0.05) is 23.1 Å². The van der Waals surface area contributed by atoms with Crippen LogP contribution in [0.15, 0.2) is 54.2 Å². The highest BCUT2D eigenvalue weighted by Crippen LogP contribution is 2.30. The van der Waals surface area contributed by atoms with Gasteiger partial charge in [0.25, 0.3) is 5.91 Å². The molecule has 0 aliphatic rings. The normalized spacial score (nSPS) is 11.5. The molecule has 3 N–H and O–H groups in total. The number of carbonyl (C=O) groups is 2. The van der Waals surface area contributed by atoms with Crippen LogP contribution in [-0.4, -0.2) is 21.7 Å². The minimum atomic E-state index is -4.48. The molecule has 0 fully saturated rings. The Balaban J connectivity index is 1.56. The fourth-order valence-electron chi connectivity index (χ4n) is 3.29. The number of fused-ring (bicyclic) bond motifs is 1. The highest BCUT2D eigenvalue weighted by molar-refractivity contribution is 7.18. The van der Waals surface area contributed by atoms with Crippen LogP contribution in [0.3, 0.4) is 0 Å². The Morgan fingerprint density at radius 2 is 1.91 bits per heavy atom. The van der Waals surface area contributed by atoms with Crippen LogP contribution in [-0.2, 0) is 12.6 Å². The molecule has 0 saturated heterocycles. The summed E-state index contributed by atoms with van der Waals surface area (Å²) in [6.07, 6.45) is -3.41. The fourth-order valence-corrected chi connectivity index (χ4v) is 4.20. The summed E-state index contributed by atoms with van der Waals surface area (Å²) in [5.74, 6) is -0.515. The van der Waals surface area contributed by atoms with E-state index in [0.717, 1.165) is 12.1 Å². The van der Waals surface area contributed by atoms with Crippen LogP contribution in [0.4, 0.5) is 24.7 Å². The van der Waals surface area contributed by atoms with Crippen molar-refractivity contribution >= 4 is 44.7 Å². The van der Waals surface area contributed by atoms with Crippen molar-refractivity contribution < 1.29 is 22.8 Å². The minimum absolute atomic E-state index is 0.203. The van der Waals surface area contributed by atoms with E-state index in [-0.39, 0.29) is 29.1 Å². The Morgan fingerprint density at radius 3 is 2.67 bits per heavy atom. The third kappa shape index (κ3) is 4.70. The van der Waals surface area contributed by atoms with Gasteiger partial charge in [0.2, 0.25) is 0 Å². The number of carbonyl (C=O) groups excluding carboxylic acids is 2. The Labute approximate surface area is 190 Å². The lowest BCUT2D eigenvalue weighted by Gasteiger charge is -2.11. The second-order valence-electron chi connectivity index (χ2n) is 7.37. The molecular formula is C23H17F3N4O2S. The van der Waals surface area contributed by atoms with Crippen LogP contribution in [0.25, 0.3) is 10.2 Å². The zero-order valence-corrected chi connectivity index (χ0v) is 18.1. The van der Waals surface area contributed by atoms with Crippen molar-refractivity contribution in [2.45, 2.75) is 19.5 Å². The number of halogens is 3. The summed E-state index contributed by atoms with van der Waals surface area (Å²) in [7, 11) is 0. The Kier molecular flexibility index (Phi) is 5.86.